The van der Waals surface area contributed by atoms with E-state index < -0.39 is 5.91 Å². The molecule has 0 aliphatic carbocycles. The molecule has 1 fully saturated rings. The lowest BCUT2D eigenvalue weighted by atomic mass is 9.95. The molecule has 0 spiro atoms. The molecule has 8 nitrogen and oxygen atoms in total. The maximum atomic E-state index is 12.3. The van der Waals surface area contributed by atoms with E-state index in [1.54, 1.807) is 25.3 Å². The predicted octanol–water partition coefficient (Wildman–Crippen LogP) is 1.33. The first kappa shape index (κ1) is 16.0. The number of nitrogens with one attached hydrogen (secondary N) is 1. The topological polar surface area (TPSA) is 114 Å². The van der Waals surface area contributed by atoms with Crippen molar-refractivity contribution in [1.82, 2.24) is 10.1 Å². The van der Waals surface area contributed by atoms with Crippen molar-refractivity contribution in [2.75, 3.05) is 23.3 Å². The normalized spacial score (nSPS) is 15.3. The smallest absolute Gasteiger partial charge is 0.267 e. The SMILES string of the molecule is Cc1cc(NC(=O)C2CCN(c3ccnc(C(N)=O)c3)CC2)no1. The van der Waals surface area contributed by atoms with E-state index in [4.69, 9.17) is 10.3 Å². The van der Waals surface area contributed by atoms with Crippen molar-refractivity contribution in [3.05, 3.63) is 35.9 Å². The van der Waals surface area contributed by atoms with E-state index in [2.05, 4.69) is 20.4 Å². The molecular formula is C16H19N5O3. The fourth-order valence-corrected chi connectivity index (χ4v) is 2.80. The molecule has 3 rings (SSSR count). The first-order chi connectivity index (χ1) is 11.5. The molecule has 2 amide bonds. The summed E-state index contributed by atoms with van der Waals surface area (Å²) in [5, 5.41) is 6.55. The molecule has 0 unspecified atom stereocenters. The van der Waals surface area contributed by atoms with Crippen LogP contribution in [0.3, 0.4) is 0 Å². The molecular weight excluding hydrogens is 310 g/mol. The van der Waals surface area contributed by atoms with Crippen LogP contribution in [-0.2, 0) is 4.79 Å². The fourth-order valence-electron chi connectivity index (χ4n) is 2.80. The molecule has 8 heteroatoms. The summed E-state index contributed by atoms with van der Waals surface area (Å²) in [5.74, 6) is 0.434. The molecule has 3 N–H and O–H groups in total. The van der Waals surface area contributed by atoms with Gasteiger partial charge in [0.05, 0.1) is 0 Å². The summed E-state index contributed by atoms with van der Waals surface area (Å²) in [5.41, 5.74) is 6.40. The highest BCUT2D eigenvalue weighted by Gasteiger charge is 2.26. The van der Waals surface area contributed by atoms with Gasteiger partial charge in [0.1, 0.15) is 11.5 Å². The van der Waals surface area contributed by atoms with Crippen molar-refractivity contribution >= 4 is 23.3 Å². The zero-order chi connectivity index (χ0) is 17.1. The van der Waals surface area contributed by atoms with Gasteiger partial charge < -0.3 is 20.5 Å². The van der Waals surface area contributed by atoms with Gasteiger partial charge in [-0.2, -0.15) is 0 Å². The van der Waals surface area contributed by atoms with E-state index in [0.29, 0.717) is 11.6 Å². The summed E-state index contributed by atoms with van der Waals surface area (Å²) in [6.07, 6.45) is 3.01. The zero-order valence-electron chi connectivity index (χ0n) is 13.4. The summed E-state index contributed by atoms with van der Waals surface area (Å²) < 4.78 is 4.94. The second-order valence-electron chi connectivity index (χ2n) is 5.84. The molecule has 2 aromatic rings. The highest BCUT2D eigenvalue weighted by Crippen LogP contribution is 2.24. The van der Waals surface area contributed by atoms with Crippen molar-refractivity contribution in [3.63, 3.8) is 0 Å². The summed E-state index contributed by atoms with van der Waals surface area (Å²) in [6, 6.07) is 5.21. The van der Waals surface area contributed by atoms with Crippen molar-refractivity contribution in [2.45, 2.75) is 19.8 Å². The number of carbonyl (C=O) groups excluding carboxylic acids is 2. The Bertz CT molecular complexity index is 750. The van der Waals surface area contributed by atoms with Crippen LogP contribution in [-0.4, -0.2) is 35.0 Å². The molecule has 0 bridgehead atoms. The Balaban J connectivity index is 1.58. The van der Waals surface area contributed by atoms with E-state index in [1.807, 2.05) is 6.07 Å². The van der Waals surface area contributed by atoms with Crippen LogP contribution >= 0.6 is 0 Å². The molecule has 1 saturated heterocycles. The van der Waals surface area contributed by atoms with Gasteiger partial charge >= 0.3 is 0 Å². The predicted molar refractivity (Wildman–Crippen MR) is 87.6 cm³/mol. The minimum atomic E-state index is -0.547. The average molecular weight is 329 g/mol. The number of pyridine rings is 1. The van der Waals surface area contributed by atoms with E-state index in [-0.39, 0.29) is 17.5 Å². The summed E-state index contributed by atoms with van der Waals surface area (Å²) >= 11 is 0. The van der Waals surface area contributed by atoms with Gasteiger partial charge in [0, 0.05) is 37.0 Å². The van der Waals surface area contributed by atoms with E-state index in [9.17, 15) is 9.59 Å². The monoisotopic (exact) mass is 329 g/mol. The van der Waals surface area contributed by atoms with Gasteiger partial charge in [0.25, 0.3) is 5.91 Å². The Morgan fingerprint density at radius 1 is 1.33 bits per heavy atom. The minimum Gasteiger partial charge on any atom is -0.371 e. The Labute approximate surface area is 139 Å². The van der Waals surface area contributed by atoms with Gasteiger partial charge in [-0.15, -0.1) is 0 Å². The number of nitrogens with two attached hydrogens (primary N) is 1. The lowest BCUT2D eigenvalue weighted by Gasteiger charge is -2.32. The molecule has 0 aromatic carbocycles. The molecule has 2 aromatic heterocycles. The Morgan fingerprint density at radius 3 is 2.71 bits per heavy atom. The van der Waals surface area contributed by atoms with Crippen LogP contribution in [0.1, 0.15) is 29.1 Å². The maximum Gasteiger partial charge on any atom is 0.267 e. The van der Waals surface area contributed by atoms with E-state index in [1.165, 1.54) is 0 Å². The van der Waals surface area contributed by atoms with Crippen molar-refractivity contribution < 1.29 is 14.1 Å². The first-order valence-corrected chi connectivity index (χ1v) is 7.78. The zero-order valence-corrected chi connectivity index (χ0v) is 13.4. The number of carbonyl (C=O) groups is 2. The maximum absolute atomic E-state index is 12.3. The Kier molecular flexibility index (Phi) is 4.45. The van der Waals surface area contributed by atoms with Crippen LogP contribution in [0.25, 0.3) is 0 Å². The molecule has 1 aliphatic heterocycles. The van der Waals surface area contributed by atoms with Gasteiger partial charge in [-0.3, -0.25) is 14.6 Å². The third-order valence-corrected chi connectivity index (χ3v) is 4.11. The average Bonchev–Trinajstić information content (AvgIpc) is 3.00. The number of amides is 2. The fraction of sp³-hybridized carbons (Fsp3) is 0.375. The lowest BCUT2D eigenvalue weighted by molar-refractivity contribution is -0.120. The number of anilines is 2. The van der Waals surface area contributed by atoms with Crippen molar-refractivity contribution in [2.24, 2.45) is 11.7 Å². The molecule has 1 aliphatic rings. The van der Waals surface area contributed by atoms with Gasteiger partial charge in [0.15, 0.2) is 5.82 Å². The van der Waals surface area contributed by atoms with Crippen LogP contribution in [0.5, 0.6) is 0 Å². The number of piperidine rings is 1. The van der Waals surface area contributed by atoms with E-state index >= 15 is 0 Å². The number of aromatic nitrogens is 2. The number of nitrogens with zero attached hydrogens (tertiary/aromatic N) is 3. The highest BCUT2D eigenvalue weighted by atomic mass is 16.5. The summed E-state index contributed by atoms with van der Waals surface area (Å²) in [7, 11) is 0. The highest BCUT2D eigenvalue weighted by molar-refractivity contribution is 5.92. The quantitative estimate of drug-likeness (QED) is 0.874. The molecule has 0 saturated carbocycles. The van der Waals surface area contributed by atoms with Crippen LogP contribution in [0.4, 0.5) is 11.5 Å². The van der Waals surface area contributed by atoms with Crippen LogP contribution in [0.15, 0.2) is 28.9 Å². The lowest BCUT2D eigenvalue weighted by Crippen LogP contribution is -2.38. The van der Waals surface area contributed by atoms with Crippen LogP contribution in [0, 0.1) is 12.8 Å². The molecule has 0 radical (unpaired) electrons. The third-order valence-electron chi connectivity index (χ3n) is 4.11. The van der Waals surface area contributed by atoms with Crippen molar-refractivity contribution in [3.8, 4) is 0 Å². The summed E-state index contributed by atoms with van der Waals surface area (Å²) in [4.78, 5) is 29.6. The standard InChI is InChI=1S/C16H19N5O3/c1-10-8-14(20-24-10)19-16(23)11-3-6-21(7-4-11)12-2-5-18-13(9-12)15(17)22/h2,5,8-9,11H,3-4,6-7H2,1H3,(H2,17,22)(H,19,20,23). The largest absolute Gasteiger partial charge is 0.371 e. The number of hydrogen-bond acceptors (Lipinski definition) is 6. The molecule has 3 heterocycles. The van der Waals surface area contributed by atoms with Gasteiger partial charge in [-0.25, -0.2) is 0 Å². The van der Waals surface area contributed by atoms with Crippen LogP contribution in [0.2, 0.25) is 0 Å². The second-order valence-corrected chi connectivity index (χ2v) is 5.84. The minimum absolute atomic E-state index is 0.0458. The molecule has 0 atom stereocenters. The van der Waals surface area contributed by atoms with Gasteiger partial charge in [0.2, 0.25) is 5.91 Å². The first-order valence-electron chi connectivity index (χ1n) is 7.78. The Morgan fingerprint density at radius 2 is 2.08 bits per heavy atom. The van der Waals surface area contributed by atoms with Crippen molar-refractivity contribution in [1.29, 1.82) is 0 Å². The van der Waals surface area contributed by atoms with Gasteiger partial charge in [-0.1, -0.05) is 5.16 Å². The van der Waals surface area contributed by atoms with E-state index in [0.717, 1.165) is 31.6 Å². The molecule has 24 heavy (non-hydrogen) atoms. The van der Waals surface area contributed by atoms with Crippen LogP contribution < -0.4 is 16.0 Å². The molecule has 126 valence electrons. The number of aryl methyl sites for hydroxylation is 1. The Hall–Kier alpha value is -2.90. The number of rotatable bonds is 4. The second kappa shape index (κ2) is 6.69. The third kappa shape index (κ3) is 3.53. The van der Waals surface area contributed by atoms with Gasteiger partial charge in [-0.05, 0) is 31.9 Å². The number of primary amides is 1. The summed E-state index contributed by atoms with van der Waals surface area (Å²) in [6.45, 7) is 3.21. The number of hydrogen-bond donors (Lipinski definition) is 2.